The number of unbranched alkanes of at least 4 members (excludes halogenated alkanes) is 19. The first kappa shape index (κ1) is 38.1. The molecule has 0 aliphatic carbocycles. The molecule has 1 unspecified atom stereocenters. The largest absolute Gasteiger partial charge is 0.261 e. The van der Waals surface area contributed by atoms with Gasteiger partial charge in [-0.1, -0.05) is 191 Å². The summed E-state index contributed by atoms with van der Waals surface area (Å²) in [4.78, 5) is 0. The Labute approximate surface area is 285 Å². The van der Waals surface area contributed by atoms with Gasteiger partial charge < -0.3 is 0 Å². The van der Waals surface area contributed by atoms with Crippen molar-refractivity contribution in [3.05, 3.63) is 89.5 Å². The normalized spacial score (nSPS) is 12.2. The van der Waals surface area contributed by atoms with E-state index in [0.717, 1.165) is 25.9 Å². The van der Waals surface area contributed by atoms with Gasteiger partial charge in [0.25, 0.3) is 5.82 Å². The molecule has 0 N–H and O–H groups in total. The van der Waals surface area contributed by atoms with Crippen LogP contribution in [0.25, 0.3) is 0 Å². The van der Waals surface area contributed by atoms with Crippen molar-refractivity contribution in [3.63, 3.8) is 0 Å². The quantitative estimate of drug-likeness (QED) is 0.0559. The molecule has 46 heavy (non-hydrogen) atoms. The van der Waals surface area contributed by atoms with E-state index >= 15 is 0 Å². The van der Waals surface area contributed by atoms with Crippen LogP contribution >= 0.6 is 0 Å². The summed E-state index contributed by atoms with van der Waals surface area (Å²) in [6.07, 6.45) is 34.0. The Morgan fingerprint density at radius 2 is 1.00 bits per heavy atom. The zero-order valence-corrected chi connectivity index (χ0v) is 30.5. The van der Waals surface area contributed by atoms with Gasteiger partial charge >= 0.3 is 0 Å². The van der Waals surface area contributed by atoms with Gasteiger partial charge in [0.15, 0.2) is 0 Å². The molecule has 0 aliphatic rings. The summed E-state index contributed by atoms with van der Waals surface area (Å²) in [6, 6.07) is 22.4. The van der Waals surface area contributed by atoms with Crippen LogP contribution in [-0.2, 0) is 25.9 Å². The number of aryl methyl sites for hydroxylation is 1. The molecule has 0 radical (unpaired) electrons. The van der Waals surface area contributed by atoms with E-state index in [1.54, 1.807) is 0 Å². The molecule has 2 nitrogen and oxygen atoms in total. The number of rotatable bonds is 28. The van der Waals surface area contributed by atoms with Crippen LogP contribution in [0.1, 0.15) is 184 Å². The molecule has 1 atom stereocenters. The van der Waals surface area contributed by atoms with Crippen LogP contribution in [0.3, 0.4) is 0 Å². The summed E-state index contributed by atoms with van der Waals surface area (Å²) in [5, 5.41) is 0. The fourth-order valence-corrected chi connectivity index (χ4v) is 7.17. The molecule has 3 rings (SSSR count). The Morgan fingerprint density at radius 1 is 0.543 bits per heavy atom. The summed E-state index contributed by atoms with van der Waals surface area (Å²) in [5.41, 5.74) is 4.41. The summed E-state index contributed by atoms with van der Waals surface area (Å²) in [6.45, 7) is 9.34. The third kappa shape index (κ3) is 15.5. The third-order valence-electron chi connectivity index (χ3n) is 10.1. The van der Waals surface area contributed by atoms with Crippen LogP contribution in [0.15, 0.2) is 66.9 Å². The van der Waals surface area contributed by atoms with E-state index in [2.05, 4.69) is 96.8 Å². The van der Waals surface area contributed by atoms with Crippen LogP contribution < -0.4 is 4.57 Å². The highest BCUT2D eigenvalue weighted by atomic mass is 15.2. The zero-order chi connectivity index (χ0) is 32.5. The van der Waals surface area contributed by atoms with E-state index in [1.807, 2.05) is 0 Å². The van der Waals surface area contributed by atoms with Crippen molar-refractivity contribution in [2.24, 2.45) is 0 Å². The van der Waals surface area contributed by atoms with Gasteiger partial charge in [-0.2, -0.15) is 0 Å². The van der Waals surface area contributed by atoms with E-state index < -0.39 is 0 Å². The van der Waals surface area contributed by atoms with Crippen molar-refractivity contribution in [2.75, 3.05) is 0 Å². The predicted molar refractivity (Wildman–Crippen MR) is 201 cm³/mol. The second-order valence-corrected chi connectivity index (χ2v) is 14.3. The van der Waals surface area contributed by atoms with E-state index in [1.165, 1.54) is 157 Å². The topological polar surface area (TPSA) is 8.81 Å². The van der Waals surface area contributed by atoms with Crippen molar-refractivity contribution in [1.82, 2.24) is 4.57 Å². The molecule has 3 aromatic rings. The molecule has 0 amide bonds. The number of benzene rings is 2. The Morgan fingerprint density at radius 3 is 1.52 bits per heavy atom. The summed E-state index contributed by atoms with van der Waals surface area (Å²) < 4.78 is 5.40. The predicted octanol–water partition coefficient (Wildman–Crippen LogP) is 12.9. The molecule has 2 heteroatoms. The van der Waals surface area contributed by atoms with Crippen LogP contribution in [-0.4, -0.2) is 4.57 Å². The van der Waals surface area contributed by atoms with Crippen molar-refractivity contribution in [3.8, 4) is 0 Å². The number of imidazole rings is 1. The maximum absolute atomic E-state index is 2.75. The fraction of sp³-hybridized carbons (Fsp3) is 0.659. The lowest BCUT2D eigenvalue weighted by atomic mass is 9.96. The Kier molecular flexibility index (Phi) is 20.5. The highest BCUT2D eigenvalue weighted by Crippen LogP contribution is 2.21. The number of hydrogen-bond acceptors (Lipinski definition) is 0. The van der Waals surface area contributed by atoms with Gasteiger partial charge in [-0.3, -0.25) is 0 Å². The first-order valence-corrected chi connectivity index (χ1v) is 19.9. The molecule has 2 aromatic carbocycles. The number of nitrogens with zero attached hydrogens (tertiary/aromatic N) is 2. The Bertz CT molecular complexity index is 1120. The maximum Gasteiger partial charge on any atom is 0.261 e. The zero-order valence-electron chi connectivity index (χ0n) is 30.5. The first-order chi connectivity index (χ1) is 22.7. The molecular formula is C44H71N2+. The van der Waals surface area contributed by atoms with E-state index in [0.29, 0.717) is 5.92 Å². The average molecular weight is 628 g/mol. The van der Waals surface area contributed by atoms with Gasteiger partial charge in [0.1, 0.15) is 11.9 Å². The van der Waals surface area contributed by atoms with Gasteiger partial charge in [0, 0.05) is 6.42 Å². The maximum atomic E-state index is 2.75. The lowest BCUT2D eigenvalue weighted by molar-refractivity contribution is -0.710. The standard InChI is InChI=1S/C44H71N2/c1-4-6-8-10-12-14-16-17-19-21-29-35-45-39-43(37-40(3)42-33-27-24-28-34-42)46(44(45)38-41-31-25-23-26-32-41)36-30-22-20-18-15-13-11-9-7-5-2/h23-28,31-34,39-40H,4-22,29-30,35-38H2,1-3H3/q+1. The fourth-order valence-electron chi connectivity index (χ4n) is 7.17. The lowest BCUT2D eigenvalue weighted by Gasteiger charge is -2.12. The Balaban J connectivity index is 1.62. The molecule has 1 heterocycles. The van der Waals surface area contributed by atoms with Gasteiger partial charge in [-0.05, 0) is 42.7 Å². The summed E-state index contributed by atoms with van der Waals surface area (Å²) in [7, 11) is 0. The van der Waals surface area contributed by atoms with Gasteiger partial charge in [0.2, 0.25) is 0 Å². The summed E-state index contributed by atoms with van der Waals surface area (Å²) in [5.74, 6) is 2.03. The third-order valence-corrected chi connectivity index (χ3v) is 10.1. The number of aromatic nitrogens is 2. The molecule has 1 aromatic heterocycles. The minimum atomic E-state index is 0.516. The smallest absolute Gasteiger partial charge is 0.234 e. The highest BCUT2D eigenvalue weighted by molar-refractivity contribution is 5.21. The average Bonchev–Trinajstić information content (AvgIpc) is 3.39. The molecule has 0 saturated carbocycles. The first-order valence-electron chi connectivity index (χ1n) is 19.9. The van der Waals surface area contributed by atoms with Crippen LogP contribution in [0.2, 0.25) is 0 Å². The molecule has 0 aliphatic heterocycles. The second-order valence-electron chi connectivity index (χ2n) is 14.3. The van der Waals surface area contributed by atoms with Crippen molar-refractivity contribution in [2.45, 2.75) is 187 Å². The SMILES string of the molecule is CCCCCCCCCCCCCn1cc(CC(C)c2ccccc2)[n+](CCCCCCCCCCCC)c1Cc1ccccc1. The summed E-state index contributed by atoms with van der Waals surface area (Å²) >= 11 is 0. The highest BCUT2D eigenvalue weighted by Gasteiger charge is 2.25. The van der Waals surface area contributed by atoms with Crippen LogP contribution in [0, 0.1) is 0 Å². The van der Waals surface area contributed by atoms with Crippen molar-refractivity contribution >= 4 is 0 Å². The van der Waals surface area contributed by atoms with Gasteiger partial charge in [0.05, 0.1) is 19.5 Å². The second kappa shape index (κ2) is 24.8. The van der Waals surface area contributed by atoms with Gasteiger partial charge in [-0.15, -0.1) is 0 Å². The molecule has 0 spiro atoms. The van der Waals surface area contributed by atoms with Crippen LogP contribution in [0.5, 0.6) is 0 Å². The van der Waals surface area contributed by atoms with Crippen LogP contribution in [0.4, 0.5) is 0 Å². The van der Waals surface area contributed by atoms with Gasteiger partial charge in [-0.25, -0.2) is 9.13 Å². The van der Waals surface area contributed by atoms with E-state index in [-0.39, 0.29) is 0 Å². The lowest BCUT2D eigenvalue weighted by Crippen LogP contribution is -2.41. The molecule has 0 bridgehead atoms. The Hall–Kier alpha value is -2.35. The van der Waals surface area contributed by atoms with Crippen molar-refractivity contribution < 1.29 is 4.57 Å². The molecule has 0 saturated heterocycles. The molecular weight excluding hydrogens is 556 g/mol. The number of hydrogen-bond donors (Lipinski definition) is 0. The minimum Gasteiger partial charge on any atom is -0.234 e. The monoisotopic (exact) mass is 628 g/mol. The molecule has 256 valence electrons. The molecule has 0 fully saturated rings. The van der Waals surface area contributed by atoms with Crippen molar-refractivity contribution in [1.29, 1.82) is 0 Å². The van der Waals surface area contributed by atoms with E-state index in [9.17, 15) is 0 Å². The minimum absolute atomic E-state index is 0.516. The van der Waals surface area contributed by atoms with E-state index in [4.69, 9.17) is 0 Å².